The average molecular weight is 315 g/mol. The number of hydrogen-bond donors (Lipinski definition) is 2. The zero-order chi connectivity index (χ0) is 16.1. The van der Waals surface area contributed by atoms with E-state index in [-0.39, 0.29) is 0 Å². The molecule has 0 aliphatic rings. The summed E-state index contributed by atoms with van der Waals surface area (Å²) >= 11 is 0. The number of nitrogens with zero attached hydrogens (tertiary/aromatic N) is 5. The molecule has 5 rings (SSSR count). The predicted octanol–water partition coefficient (Wildman–Crippen LogP) is 2.49. The van der Waals surface area contributed by atoms with Crippen molar-refractivity contribution < 1.29 is 0 Å². The van der Waals surface area contributed by atoms with Gasteiger partial charge in [0.15, 0.2) is 11.5 Å². The second-order valence-electron chi connectivity index (χ2n) is 5.65. The Kier molecular flexibility index (Phi) is 2.58. The monoisotopic (exact) mass is 315 g/mol. The first kappa shape index (κ1) is 13.0. The summed E-state index contributed by atoms with van der Waals surface area (Å²) in [5, 5.41) is 2.30. The second kappa shape index (κ2) is 4.76. The van der Waals surface area contributed by atoms with Crippen molar-refractivity contribution in [3.63, 3.8) is 0 Å². The topological polar surface area (TPSA) is 98.3 Å². The second-order valence-corrected chi connectivity index (χ2v) is 5.65. The fraction of sp³-hybridized carbons (Fsp3) is 0.0588. The number of nitrogen functional groups attached to an aromatic ring is 1. The lowest BCUT2D eigenvalue weighted by atomic mass is 10.1. The highest BCUT2D eigenvalue weighted by Crippen LogP contribution is 2.26. The summed E-state index contributed by atoms with van der Waals surface area (Å²) < 4.78 is 1.94. The number of hydrogen-bond acceptors (Lipinski definition) is 5. The Morgan fingerprint density at radius 2 is 1.96 bits per heavy atom. The van der Waals surface area contributed by atoms with E-state index in [4.69, 9.17) is 10.7 Å². The summed E-state index contributed by atoms with van der Waals surface area (Å²) in [7, 11) is 0. The summed E-state index contributed by atoms with van der Waals surface area (Å²) in [5.74, 6) is 0.384. The van der Waals surface area contributed by atoms with Crippen LogP contribution < -0.4 is 5.73 Å². The molecule has 1 aromatic carbocycles. The maximum absolute atomic E-state index is 5.86. The minimum atomic E-state index is 0.384. The zero-order valence-corrected chi connectivity index (χ0v) is 12.6. The van der Waals surface area contributed by atoms with E-state index in [0.29, 0.717) is 23.5 Å². The minimum Gasteiger partial charge on any atom is -0.382 e. The van der Waals surface area contributed by atoms with Crippen LogP contribution in [0.3, 0.4) is 0 Å². The van der Waals surface area contributed by atoms with Crippen molar-refractivity contribution >= 4 is 38.8 Å². The molecule has 0 spiro atoms. The fourth-order valence-electron chi connectivity index (χ4n) is 3.12. The van der Waals surface area contributed by atoms with Gasteiger partial charge in [0.2, 0.25) is 0 Å². The number of nitrogens with two attached hydrogens (primary N) is 1. The predicted molar refractivity (Wildman–Crippen MR) is 92.4 cm³/mol. The summed E-state index contributed by atoms with van der Waals surface area (Å²) in [4.78, 5) is 20.7. The highest BCUT2D eigenvalue weighted by atomic mass is 15.1. The van der Waals surface area contributed by atoms with Crippen molar-refractivity contribution in [2.45, 2.75) is 6.54 Å². The Balaban J connectivity index is 1.73. The van der Waals surface area contributed by atoms with Crippen LogP contribution in [0.1, 0.15) is 5.69 Å². The Hall–Kier alpha value is -3.48. The first-order valence-electron chi connectivity index (χ1n) is 7.57. The summed E-state index contributed by atoms with van der Waals surface area (Å²) in [6, 6.07) is 10.2. The quantitative estimate of drug-likeness (QED) is 0.521. The number of rotatable bonds is 2. The fourth-order valence-corrected chi connectivity index (χ4v) is 3.12. The van der Waals surface area contributed by atoms with Crippen molar-refractivity contribution in [2.24, 2.45) is 0 Å². The Morgan fingerprint density at radius 3 is 2.92 bits per heavy atom. The molecule has 0 saturated heterocycles. The van der Waals surface area contributed by atoms with Gasteiger partial charge in [-0.05, 0) is 12.1 Å². The summed E-state index contributed by atoms with van der Waals surface area (Å²) in [6.07, 6.45) is 5.11. The first-order chi connectivity index (χ1) is 11.8. The molecular weight excluding hydrogens is 302 g/mol. The van der Waals surface area contributed by atoms with E-state index < -0.39 is 0 Å². The van der Waals surface area contributed by atoms with Crippen LogP contribution >= 0.6 is 0 Å². The molecule has 0 bridgehead atoms. The molecule has 7 heteroatoms. The number of anilines is 1. The number of para-hydroxylation sites is 1. The van der Waals surface area contributed by atoms with Crippen LogP contribution in [-0.2, 0) is 6.54 Å². The van der Waals surface area contributed by atoms with E-state index in [1.165, 1.54) is 6.33 Å². The Morgan fingerprint density at radius 1 is 1.04 bits per heavy atom. The van der Waals surface area contributed by atoms with Crippen LogP contribution in [0, 0.1) is 0 Å². The van der Waals surface area contributed by atoms with E-state index in [1.807, 2.05) is 29.0 Å². The molecule has 5 aromatic rings. The third-order valence-corrected chi connectivity index (χ3v) is 4.23. The van der Waals surface area contributed by atoms with Crippen molar-refractivity contribution in [1.82, 2.24) is 29.5 Å². The van der Waals surface area contributed by atoms with Crippen molar-refractivity contribution in [3.05, 3.63) is 54.9 Å². The highest BCUT2D eigenvalue weighted by molar-refractivity contribution is 6.05. The lowest BCUT2D eigenvalue weighted by molar-refractivity contribution is 0.797. The number of imidazole rings is 1. The van der Waals surface area contributed by atoms with Gasteiger partial charge >= 0.3 is 0 Å². The largest absolute Gasteiger partial charge is 0.382 e. The lowest BCUT2D eigenvalue weighted by Crippen LogP contribution is -2.03. The molecule has 0 saturated carbocycles. The third kappa shape index (κ3) is 1.78. The molecule has 0 aliphatic carbocycles. The van der Waals surface area contributed by atoms with Gasteiger partial charge in [0, 0.05) is 17.0 Å². The summed E-state index contributed by atoms with van der Waals surface area (Å²) in [5.41, 5.74) is 10.1. The van der Waals surface area contributed by atoms with Crippen LogP contribution in [-0.4, -0.2) is 29.5 Å². The maximum atomic E-state index is 5.86. The molecule has 0 aliphatic heterocycles. The van der Waals surface area contributed by atoms with E-state index in [2.05, 4.69) is 32.1 Å². The van der Waals surface area contributed by atoms with Gasteiger partial charge < -0.3 is 15.3 Å². The van der Waals surface area contributed by atoms with Gasteiger partial charge in [0.1, 0.15) is 11.8 Å². The van der Waals surface area contributed by atoms with Crippen LogP contribution in [0.5, 0.6) is 0 Å². The molecule has 4 heterocycles. The van der Waals surface area contributed by atoms with Crippen molar-refractivity contribution in [3.8, 4) is 0 Å². The molecule has 116 valence electrons. The number of H-pyrrole nitrogens is 1. The minimum absolute atomic E-state index is 0.384. The molecule has 0 amide bonds. The average Bonchev–Trinajstić information content (AvgIpc) is 3.24. The maximum Gasteiger partial charge on any atom is 0.165 e. The highest BCUT2D eigenvalue weighted by Gasteiger charge is 2.13. The van der Waals surface area contributed by atoms with E-state index in [1.54, 1.807) is 6.33 Å². The molecule has 4 aromatic heterocycles. The van der Waals surface area contributed by atoms with Crippen LogP contribution in [0.2, 0.25) is 0 Å². The normalized spacial score (nSPS) is 11.7. The van der Waals surface area contributed by atoms with E-state index >= 15 is 0 Å². The number of pyridine rings is 1. The van der Waals surface area contributed by atoms with Crippen molar-refractivity contribution in [2.75, 3.05) is 5.73 Å². The molecule has 0 radical (unpaired) electrons. The van der Waals surface area contributed by atoms with Crippen LogP contribution in [0.25, 0.3) is 33.0 Å². The van der Waals surface area contributed by atoms with E-state index in [9.17, 15) is 0 Å². The first-order valence-corrected chi connectivity index (χ1v) is 7.57. The number of nitrogens with one attached hydrogen (secondary N) is 1. The van der Waals surface area contributed by atoms with Gasteiger partial charge in [-0.15, -0.1) is 0 Å². The number of aromatic nitrogens is 6. The lowest BCUT2D eigenvalue weighted by Gasteiger charge is -2.08. The van der Waals surface area contributed by atoms with Gasteiger partial charge in [-0.3, -0.25) is 0 Å². The SMILES string of the molecule is Nc1ncnc2c1ncn2Cc1nc2ccccc2c2cc[nH]c12. The smallest absolute Gasteiger partial charge is 0.165 e. The van der Waals surface area contributed by atoms with Crippen LogP contribution in [0.4, 0.5) is 5.82 Å². The summed E-state index contributed by atoms with van der Waals surface area (Å²) in [6.45, 7) is 0.550. The van der Waals surface area contributed by atoms with Gasteiger partial charge in [-0.2, -0.15) is 0 Å². The van der Waals surface area contributed by atoms with Gasteiger partial charge in [-0.1, -0.05) is 18.2 Å². The number of fused-ring (bicyclic) bond motifs is 4. The zero-order valence-electron chi connectivity index (χ0n) is 12.6. The van der Waals surface area contributed by atoms with Crippen molar-refractivity contribution in [1.29, 1.82) is 0 Å². The number of aromatic amines is 1. The Labute approximate surface area is 136 Å². The molecule has 0 fully saturated rings. The van der Waals surface area contributed by atoms with E-state index in [0.717, 1.165) is 27.5 Å². The molecule has 24 heavy (non-hydrogen) atoms. The standard InChI is InChI=1S/C17H13N7/c18-16-15-17(21-8-20-16)24(9-22-15)7-13-14-11(5-6-19-14)10-3-1-2-4-12(10)23-13/h1-6,8-9,19H,7H2,(H2,18,20,21). The van der Waals surface area contributed by atoms with Crippen LogP contribution in [0.15, 0.2) is 49.2 Å². The molecular formula is C17H13N7. The van der Waals surface area contributed by atoms with Gasteiger partial charge in [-0.25, -0.2) is 19.9 Å². The molecule has 0 atom stereocenters. The van der Waals surface area contributed by atoms with Gasteiger partial charge in [0.05, 0.1) is 29.6 Å². The Bertz CT molecular complexity index is 1200. The number of benzene rings is 1. The van der Waals surface area contributed by atoms with Gasteiger partial charge in [0.25, 0.3) is 0 Å². The molecule has 3 N–H and O–H groups in total. The molecule has 0 unspecified atom stereocenters. The third-order valence-electron chi connectivity index (χ3n) is 4.23. The molecule has 7 nitrogen and oxygen atoms in total.